The van der Waals surface area contributed by atoms with Crippen LogP contribution in [0.2, 0.25) is 0 Å². The first-order valence-electron chi connectivity index (χ1n) is 4.72. The van der Waals surface area contributed by atoms with E-state index in [0.717, 1.165) is 32.0 Å². The van der Waals surface area contributed by atoms with Gasteiger partial charge in [0, 0.05) is 19.2 Å². The fourth-order valence-electron chi connectivity index (χ4n) is 1.63. The largest absolute Gasteiger partial charge is 0.319 e. The summed E-state index contributed by atoms with van der Waals surface area (Å²) in [5.74, 6) is -1.10. The minimum atomic E-state index is -0.549. The molecule has 0 amide bonds. The van der Waals surface area contributed by atoms with Gasteiger partial charge in [0.25, 0.3) is 0 Å². The lowest BCUT2D eigenvalue weighted by molar-refractivity contribution is 0.409. The number of rotatable bonds is 2. The van der Waals surface area contributed by atoms with Crippen molar-refractivity contribution < 1.29 is 8.78 Å². The maximum atomic E-state index is 12.8. The molecule has 0 radical (unpaired) electrons. The molecule has 14 heavy (non-hydrogen) atoms. The zero-order valence-electron chi connectivity index (χ0n) is 7.76. The second kappa shape index (κ2) is 3.92. The Bertz CT molecular complexity index is 302. The number of nitrogens with one attached hydrogen (secondary N) is 1. The van der Waals surface area contributed by atoms with E-state index in [2.05, 4.69) is 5.43 Å². The van der Waals surface area contributed by atoms with Crippen molar-refractivity contribution in [3.63, 3.8) is 0 Å². The number of benzene rings is 1. The van der Waals surface area contributed by atoms with Crippen molar-refractivity contribution in [3.8, 4) is 0 Å². The Kier molecular flexibility index (Phi) is 2.63. The molecule has 1 fully saturated rings. The molecule has 0 aromatic heterocycles. The van der Waals surface area contributed by atoms with E-state index in [0.29, 0.717) is 5.69 Å². The van der Waals surface area contributed by atoms with Crippen LogP contribution >= 0.6 is 0 Å². The summed E-state index contributed by atoms with van der Waals surface area (Å²) in [5.41, 5.74) is 3.45. The number of hydrazine groups is 1. The average Bonchev–Trinajstić information content (AvgIpc) is 2.54. The van der Waals surface area contributed by atoms with Crippen molar-refractivity contribution >= 4 is 5.69 Å². The lowest BCUT2D eigenvalue weighted by Gasteiger charge is -2.17. The summed E-state index contributed by atoms with van der Waals surface area (Å²) in [4.78, 5) is 0. The Balaban J connectivity index is 2.07. The van der Waals surface area contributed by atoms with Crippen molar-refractivity contribution in [2.75, 3.05) is 18.5 Å². The van der Waals surface area contributed by atoms with E-state index >= 15 is 0 Å². The fourth-order valence-corrected chi connectivity index (χ4v) is 1.63. The Hall–Kier alpha value is -1.16. The summed E-state index contributed by atoms with van der Waals surface area (Å²) in [6, 6.07) is 3.46. The van der Waals surface area contributed by atoms with Crippen molar-refractivity contribution in [2.45, 2.75) is 12.8 Å². The molecule has 0 bridgehead atoms. The first-order valence-corrected chi connectivity index (χ1v) is 4.72. The van der Waals surface area contributed by atoms with Gasteiger partial charge in [0.05, 0.1) is 5.69 Å². The molecular weight excluding hydrogens is 186 g/mol. The molecule has 1 aromatic carbocycles. The molecule has 0 aliphatic carbocycles. The van der Waals surface area contributed by atoms with Gasteiger partial charge in [-0.05, 0) is 25.0 Å². The quantitative estimate of drug-likeness (QED) is 0.784. The molecule has 0 unspecified atom stereocenters. The molecule has 2 nitrogen and oxygen atoms in total. The Morgan fingerprint density at radius 1 is 1.00 bits per heavy atom. The van der Waals surface area contributed by atoms with Gasteiger partial charge >= 0.3 is 0 Å². The second-order valence-electron chi connectivity index (χ2n) is 3.46. The zero-order valence-corrected chi connectivity index (χ0v) is 7.76. The Labute approximate surface area is 81.5 Å². The van der Waals surface area contributed by atoms with Crippen molar-refractivity contribution in [2.24, 2.45) is 0 Å². The van der Waals surface area contributed by atoms with Gasteiger partial charge in [0.1, 0.15) is 11.6 Å². The fraction of sp³-hybridized carbons (Fsp3) is 0.400. The monoisotopic (exact) mass is 198 g/mol. The third-order valence-corrected chi connectivity index (χ3v) is 2.26. The van der Waals surface area contributed by atoms with Crippen molar-refractivity contribution in [1.29, 1.82) is 0 Å². The number of hydrogen-bond acceptors (Lipinski definition) is 2. The maximum Gasteiger partial charge on any atom is 0.128 e. The lowest BCUT2D eigenvalue weighted by Crippen LogP contribution is -2.26. The van der Waals surface area contributed by atoms with E-state index < -0.39 is 11.6 Å². The van der Waals surface area contributed by atoms with Crippen LogP contribution in [-0.2, 0) is 0 Å². The van der Waals surface area contributed by atoms with E-state index in [1.165, 1.54) is 12.1 Å². The van der Waals surface area contributed by atoms with Gasteiger partial charge in [-0.15, -0.1) is 0 Å². The summed E-state index contributed by atoms with van der Waals surface area (Å²) in [6.45, 7) is 1.86. The normalized spacial score (nSPS) is 17.3. The van der Waals surface area contributed by atoms with Gasteiger partial charge in [-0.1, -0.05) is 0 Å². The molecule has 0 saturated carbocycles. The molecule has 0 atom stereocenters. The standard InChI is InChI=1S/C10H12F2N2/c11-8-5-9(12)7-10(6-8)13-14-3-1-2-4-14/h5-7,13H,1-4H2. The summed E-state index contributed by atoms with van der Waals surface area (Å²) in [6.07, 6.45) is 2.26. The summed E-state index contributed by atoms with van der Waals surface area (Å²) >= 11 is 0. The Morgan fingerprint density at radius 2 is 1.57 bits per heavy atom. The molecule has 1 aliphatic heterocycles. The first-order chi connectivity index (χ1) is 6.74. The highest BCUT2D eigenvalue weighted by atomic mass is 19.1. The lowest BCUT2D eigenvalue weighted by atomic mass is 10.3. The highest BCUT2D eigenvalue weighted by Gasteiger charge is 2.11. The molecule has 0 spiro atoms. The molecule has 76 valence electrons. The molecule has 1 saturated heterocycles. The predicted molar refractivity (Wildman–Crippen MR) is 50.8 cm³/mol. The smallest absolute Gasteiger partial charge is 0.128 e. The third kappa shape index (κ3) is 2.20. The van der Waals surface area contributed by atoms with Crippen LogP contribution in [0, 0.1) is 11.6 Å². The van der Waals surface area contributed by atoms with Crippen molar-refractivity contribution in [3.05, 3.63) is 29.8 Å². The van der Waals surface area contributed by atoms with Gasteiger partial charge in [0.2, 0.25) is 0 Å². The minimum Gasteiger partial charge on any atom is -0.319 e. The SMILES string of the molecule is Fc1cc(F)cc(NN2CCCC2)c1. The van der Waals surface area contributed by atoms with Crippen LogP contribution in [0.15, 0.2) is 18.2 Å². The first kappa shape index (κ1) is 9.40. The van der Waals surface area contributed by atoms with Crippen LogP contribution in [0.3, 0.4) is 0 Å². The second-order valence-corrected chi connectivity index (χ2v) is 3.46. The number of anilines is 1. The topological polar surface area (TPSA) is 15.3 Å². The summed E-state index contributed by atoms with van der Waals surface area (Å²) in [5, 5.41) is 1.97. The minimum absolute atomic E-state index is 0.476. The van der Waals surface area contributed by atoms with Gasteiger partial charge in [-0.3, -0.25) is 0 Å². The summed E-state index contributed by atoms with van der Waals surface area (Å²) < 4.78 is 25.6. The third-order valence-electron chi connectivity index (χ3n) is 2.26. The van der Waals surface area contributed by atoms with E-state index in [-0.39, 0.29) is 0 Å². The van der Waals surface area contributed by atoms with Gasteiger partial charge < -0.3 is 5.43 Å². The highest BCUT2D eigenvalue weighted by molar-refractivity contribution is 5.42. The van der Waals surface area contributed by atoms with E-state index in [9.17, 15) is 8.78 Å². The van der Waals surface area contributed by atoms with Gasteiger partial charge in [-0.25, -0.2) is 13.8 Å². The average molecular weight is 198 g/mol. The molecule has 1 heterocycles. The van der Waals surface area contributed by atoms with Crippen LogP contribution in [0.4, 0.5) is 14.5 Å². The van der Waals surface area contributed by atoms with Gasteiger partial charge in [0.15, 0.2) is 0 Å². The molecule has 4 heteroatoms. The molecule has 1 aliphatic rings. The zero-order chi connectivity index (χ0) is 9.97. The van der Waals surface area contributed by atoms with Crippen LogP contribution in [0.1, 0.15) is 12.8 Å². The molecule has 1 aromatic rings. The predicted octanol–water partition coefficient (Wildman–Crippen LogP) is 2.39. The van der Waals surface area contributed by atoms with Crippen LogP contribution < -0.4 is 5.43 Å². The molecule has 1 N–H and O–H groups in total. The molecular formula is C10H12F2N2. The van der Waals surface area contributed by atoms with E-state index in [4.69, 9.17) is 0 Å². The van der Waals surface area contributed by atoms with Gasteiger partial charge in [-0.2, -0.15) is 0 Å². The molecule has 2 rings (SSSR count). The summed E-state index contributed by atoms with van der Waals surface area (Å²) in [7, 11) is 0. The van der Waals surface area contributed by atoms with Crippen LogP contribution in [0.5, 0.6) is 0 Å². The van der Waals surface area contributed by atoms with Crippen molar-refractivity contribution in [1.82, 2.24) is 5.01 Å². The number of nitrogens with zero attached hydrogens (tertiary/aromatic N) is 1. The number of hydrogen-bond donors (Lipinski definition) is 1. The van der Waals surface area contributed by atoms with Crippen LogP contribution in [-0.4, -0.2) is 18.1 Å². The maximum absolute atomic E-state index is 12.8. The number of halogens is 2. The van der Waals surface area contributed by atoms with E-state index in [1.807, 2.05) is 5.01 Å². The highest BCUT2D eigenvalue weighted by Crippen LogP contribution is 2.15. The van der Waals surface area contributed by atoms with Crippen LogP contribution in [0.25, 0.3) is 0 Å². The Morgan fingerprint density at radius 3 is 2.14 bits per heavy atom. The van der Waals surface area contributed by atoms with E-state index in [1.54, 1.807) is 0 Å².